The maximum atomic E-state index is 11.7. The van der Waals surface area contributed by atoms with E-state index in [4.69, 9.17) is 9.47 Å². The lowest BCUT2D eigenvalue weighted by atomic mass is 9.87. The van der Waals surface area contributed by atoms with E-state index in [-0.39, 0.29) is 30.1 Å². The molecule has 0 aromatic heterocycles. The van der Waals surface area contributed by atoms with Crippen LogP contribution < -0.4 is 0 Å². The molecular weight excluding hydrogens is 194 g/mol. The van der Waals surface area contributed by atoms with Crippen LogP contribution in [0.3, 0.4) is 0 Å². The van der Waals surface area contributed by atoms with Gasteiger partial charge in [-0.1, -0.05) is 12.2 Å². The van der Waals surface area contributed by atoms with Crippen molar-refractivity contribution in [1.29, 1.82) is 0 Å². The third-order valence-electron chi connectivity index (χ3n) is 3.45. The Morgan fingerprint density at radius 1 is 1.40 bits per heavy atom. The minimum Gasteiger partial charge on any atom is -0.355 e. The van der Waals surface area contributed by atoms with E-state index in [1.807, 2.05) is 18.0 Å². The molecule has 1 aliphatic carbocycles. The van der Waals surface area contributed by atoms with Gasteiger partial charge in [0.15, 0.2) is 6.29 Å². The molecule has 1 saturated heterocycles. The molecule has 1 amide bonds. The van der Waals surface area contributed by atoms with Crippen molar-refractivity contribution in [3.63, 3.8) is 0 Å². The molecule has 4 heteroatoms. The van der Waals surface area contributed by atoms with Crippen LogP contribution in [0, 0.1) is 11.8 Å². The highest BCUT2D eigenvalue weighted by atomic mass is 16.7. The largest absolute Gasteiger partial charge is 0.355 e. The number of nitrogens with zero attached hydrogens (tertiary/aromatic N) is 1. The number of carbonyl (C=O) groups is 1. The van der Waals surface area contributed by atoms with Crippen molar-refractivity contribution in [2.24, 2.45) is 11.8 Å². The number of fused-ring (bicyclic) bond motifs is 2. The molecule has 0 aromatic rings. The van der Waals surface area contributed by atoms with E-state index in [0.29, 0.717) is 0 Å². The summed E-state index contributed by atoms with van der Waals surface area (Å²) in [5.74, 6) is 0.433. The van der Waals surface area contributed by atoms with Gasteiger partial charge in [-0.3, -0.25) is 4.79 Å². The summed E-state index contributed by atoms with van der Waals surface area (Å²) in [4.78, 5) is 13.5. The van der Waals surface area contributed by atoms with Crippen molar-refractivity contribution in [3.8, 4) is 0 Å². The van der Waals surface area contributed by atoms with Crippen molar-refractivity contribution >= 4 is 5.91 Å². The monoisotopic (exact) mass is 211 g/mol. The minimum absolute atomic E-state index is 0.0746. The second-order valence-electron chi connectivity index (χ2n) is 4.16. The van der Waals surface area contributed by atoms with Crippen molar-refractivity contribution in [2.75, 3.05) is 21.3 Å². The average Bonchev–Trinajstić information content (AvgIpc) is 2.49. The fourth-order valence-corrected chi connectivity index (χ4v) is 2.59. The zero-order valence-corrected chi connectivity index (χ0v) is 9.34. The molecule has 84 valence electrons. The molecule has 3 atom stereocenters. The van der Waals surface area contributed by atoms with Gasteiger partial charge >= 0.3 is 0 Å². The van der Waals surface area contributed by atoms with E-state index >= 15 is 0 Å². The van der Waals surface area contributed by atoms with Gasteiger partial charge in [-0.15, -0.1) is 0 Å². The van der Waals surface area contributed by atoms with Gasteiger partial charge in [0.25, 0.3) is 0 Å². The molecule has 0 N–H and O–H groups in total. The van der Waals surface area contributed by atoms with Crippen molar-refractivity contribution in [3.05, 3.63) is 12.2 Å². The molecule has 4 nitrogen and oxygen atoms in total. The van der Waals surface area contributed by atoms with E-state index in [1.165, 1.54) is 0 Å². The third-order valence-corrected chi connectivity index (χ3v) is 3.45. The lowest BCUT2D eigenvalue weighted by Crippen LogP contribution is -2.40. The Bertz CT molecular complexity index is 286. The average molecular weight is 211 g/mol. The van der Waals surface area contributed by atoms with Crippen molar-refractivity contribution in [1.82, 2.24) is 4.90 Å². The molecular formula is C11H17NO3. The van der Waals surface area contributed by atoms with Gasteiger partial charge in [-0.25, -0.2) is 0 Å². The molecule has 2 rings (SSSR count). The van der Waals surface area contributed by atoms with Crippen LogP contribution in [0.25, 0.3) is 0 Å². The summed E-state index contributed by atoms with van der Waals surface area (Å²) < 4.78 is 10.5. The molecule has 0 saturated carbocycles. The first kappa shape index (κ1) is 10.6. The highest BCUT2D eigenvalue weighted by molar-refractivity contribution is 5.83. The molecule has 0 radical (unpaired) electrons. The first-order valence-electron chi connectivity index (χ1n) is 5.19. The van der Waals surface area contributed by atoms with Crippen molar-refractivity contribution in [2.45, 2.75) is 18.8 Å². The smallest absolute Gasteiger partial charge is 0.229 e. The third kappa shape index (κ3) is 1.58. The van der Waals surface area contributed by atoms with Gasteiger partial charge in [0, 0.05) is 33.2 Å². The van der Waals surface area contributed by atoms with Crippen molar-refractivity contribution < 1.29 is 14.3 Å². The molecule has 2 aliphatic rings. The summed E-state index contributed by atoms with van der Waals surface area (Å²) in [7, 11) is 5.12. The Morgan fingerprint density at radius 2 is 2.07 bits per heavy atom. The Kier molecular flexibility index (Phi) is 2.80. The second-order valence-corrected chi connectivity index (χ2v) is 4.16. The molecule has 0 unspecified atom stereocenters. The zero-order chi connectivity index (χ0) is 11.0. The lowest BCUT2D eigenvalue weighted by molar-refractivity contribution is -0.143. The Morgan fingerprint density at radius 3 is 2.67 bits per heavy atom. The predicted octanol–water partition coefficient (Wildman–Crippen LogP) is 0.638. The normalized spacial score (nSPS) is 34.3. The Labute approximate surface area is 89.8 Å². The van der Waals surface area contributed by atoms with Crippen LogP contribution in [-0.4, -0.2) is 44.4 Å². The molecule has 1 heterocycles. The van der Waals surface area contributed by atoms with Gasteiger partial charge < -0.3 is 14.4 Å². The fourth-order valence-electron chi connectivity index (χ4n) is 2.59. The second kappa shape index (κ2) is 3.94. The number of methoxy groups -OCH3 is 2. The molecule has 1 aliphatic heterocycles. The van der Waals surface area contributed by atoms with Gasteiger partial charge in [-0.2, -0.15) is 0 Å². The quantitative estimate of drug-likeness (QED) is 0.508. The van der Waals surface area contributed by atoms with Gasteiger partial charge in [-0.05, 0) is 6.42 Å². The molecule has 0 spiro atoms. The first-order chi connectivity index (χ1) is 7.19. The standard InChI is InChI=1S/C11H17NO3/c1-12-9-6-7(10(12)13)4-5-8(9)11(14-2)15-3/h4-5,7-9,11H,6H2,1-3H3/t7-,8-,9-/m1/s1. The summed E-state index contributed by atoms with van der Waals surface area (Å²) in [5.41, 5.74) is 0. The summed E-state index contributed by atoms with van der Waals surface area (Å²) in [6.07, 6.45) is 4.66. The van der Waals surface area contributed by atoms with Gasteiger partial charge in [0.1, 0.15) is 0 Å². The number of rotatable bonds is 3. The predicted molar refractivity (Wildman–Crippen MR) is 55.1 cm³/mol. The highest BCUT2D eigenvalue weighted by Crippen LogP contribution is 2.36. The van der Waals surface area contributed by atoms with E-state index in [0.717, 1.165) is 6.42 Å². The van der Waals surface area contributed by atoms with Crippen LogP contribution in [0.15, 0.2) is 12.2 Å². The topological polar surface area (TPSA) is 38.8 Å². The van der Waals surface area contributed by atoms with E-state index < -0.39 is 0 Å². The van der Waals surface area contributed by atoms with Crippen LogP contribution in [0.1, 0.15) is 6.42 Å². The minimum atomic E-state index is -0.263. The highest BCUT2D eigenvalue weighted by Gasteiger charge is 2.44. The summed E-state index contributed by atoms with van der Waals surface area (Å²) in [5, 5.41) is 0. The van der Waals surface area contributed by atoms with Crippen LogP contribution in [-0.2, 0) is 14.3 Å². The molecule has 2 bridgehead atoms. The first-order valence-corrected chi connectivity index (χ1v) is 5.19. The summed E-state index contributed by atoms with van der Waals surface area (Å²) >= 11 is 0. The maximum absolute atomic E-state index is 11.7. The Balaban J connectivity index is 2.19. The van der Waals surface area contributed by atoms with Crippen LogP contribution >= 0.6 is 0 Å². The van der Waals surface area contributed by atoms with Crippen LogP contribution in [0.5, 0.6) is 0 Å². The zero-order valence-electron chi connectivity index (χ0n) is 9.34. The maximum Gasteiger partial charge on any atom is 0.229 e. The molecule has 15 heavy (non-hydrogen) atoms. The number of amides is 1. The van der Waals surface area contributed by atoms with E-state index in [1.54, 1.807) is 14.2 Å². The van der Waals surface area contributed by atoms with E-state index in [9.17, 15) is 4.79 Å². The summed E-state index contributed by atoms with van der Waals surface area (Å²) in [6, 6.07) is 0.220. The SMILES string of the molecule is COC(OC)[C@@H]1C=C[C@@H]2C[C@H]1N(C)C2=O. The van der Waals surface area contributed by atoms with Gasteiger partial charge in [0.05, 0.1) is 5.92 Å². The number of carbonyl (C=O) groups excluding carboxylic acids is 1. The van der Waals surface area contributed by atoms with Crippen LogP contribution in [0.2, 0.25) is 0 Å². The van der Waals surface area contributed by atoms with E-state index in [2.05, 4.69) is 6.08 Å². The van der Waals surface area contributed by atoms with Gasteiger partial charge in [0.2, 0.25) is 5.91 Å². The number of ether oxygens (including phenoxy) is 2. The molecule has 0 aromatic carbocycles. The Hall–Kier alpha value is -0.870. The number of hydrogen-bond acceptors (Lipinski definition) is 3. The molecule has 1 fully saturated rings. The van der Waals surface area contributed by atoms with Crippen LogP contribution in [0.4, 0.5) is 0 Å². The number of likely N-dealkylation sites (tertiary alicyclic amines) is 1. The lowest BCUT2D eigenvalue weighted by Gasteiger charge is -2.32. The fraction of sp³-hybridized carbons (Fsp3) is 0.727. The summed E-state index contributed by atoms with van der Waals surface area (Å²) in [6.45, 7) is 0. The number of hydrogen-bond donors (Lipinski definition) is 0.